The molecule has 0 heterocycles. The zero-order valence-electron chi connectivity index (χ0n) is 10.0. The highest BCUT2D eigenvalue weighted by atomic mass is 16.5. The zero-order valence-corrected chi connectivity index (χ0v) is 10.0. The van der Waals surface area contributed by atoms with Crippen molar-refractivity contribution in [3.63, 3.8) is 0 Å². The van der Waals surface area contributed by atoms with Crippen LogP contribution in [-0.2, 0) is 4.79 Å². The van der Waals surface area contributed by atoms with Gasteiger partial charge in [-0.15, -0.1) is 0 Å². The van der Waals surface area contributed by atoms with E-state index in [2.05, 4.69) is 5.32 Å². The van der Waals surface area contributed by atoms with Crippen molar-refractivity contribution >= 4 is 11.7 Å². The van der Waals surface area contributed by atoms with Crippen LogP contribution in [0.4, 0.5) is 5.69 Å². The second-order valence-electron chi connectivity index (χ2n) is 3.78. The number of rotatable bonds is 6. The largest absolute Gasteiger partial charge is 0.489 e. The number of hydrogen-bond donors (Lipinski definition) is 2. The lowest BCUT2D eigenvalue weighted by Gasteiger charge is -2.14. The molecule has 0 saturated carbocycles. The van der Waals surface area contributed by atoms with Gasteiger partial charge in [-0.2, -0.15) is 0 Å². The van der Waals surface area contributed by atoms with E-state index in [0.29, 0.717) is 6.54 Å². The molecule has 0 bridgehead atoms. The Morgan fingerprint density at radius 3 is 2.82 bits per heavy atom. The molecule has 1 rings (SSSR count). The molecule has 0 atom stereocenters. The van der Waals surface area contributed by atoms with Crippen LogP contribution in [0.5, 0.6) is 5.75 Å². The van der Waals surface area contributed by atoms with Crippen LogP contribution in [0.1, 0.15) is 13.8 Å². The molecule has 1 aromatic carbocycles. The Bertz CT molecular complexity index is 399. The summed E-state index contributed by atoms with van der Waals surface area (Å²) in [5.41, 5.74) is 0.858. The van der Waals surface area contributed by atoms with E-state index < -0.39 is 5.97 Å². The summed E-state index contributed by atoms with van der Waals surface area (Å²) in [5.74, 6) is -0.176. The van der Waals surface area contributed by atoms with E-state index in [1.165, 1.54) is 0 Å². The Morgan fingerprint density at radius 2 is 2.18 bits per heavy atom. The van der Waals surface area contributed by atoms with Gasteiger partial charge in [-0.3, -0.25) is 0 Å². The second kappa shape index (κ2) is 6.58. The first-order valence-electron chi connectivity index (χ1n) is 5.48. The molecule has 0 aliphatic rings. The Morgan fingerprint density at radius 1 is 1.47 bits per heavy atom. The van der Waals surface area contributed by atoms with Crippen molar-refractivity contribution in [2.24, 2.45) is 0 Å². The van der Waals surface area contributed by atoms with E-state index in [0.717, 1.165) is 17.5 Å². The summed E-state index contributed by atoms with van der Waals surface area (Å²) >= 11 is 0. The monoisotopic (exact) mass is 235 g/mol. The Labute approximate surface area is 101 Å². The third kappa shape index (κ3) is 5.06. The molecule has 0 aliphatic heterocycles. The standard InChI is InChI=1S/C13H17NO3/c1-10(2)17-12-7-4-3-6-11(12)14-9-5-8-13(15)16/h3-8,10,14H,9H2,1-2H3,(H,15,16)/b8-5+. The topological polar surface area (TPSA) is 58.6 Å². The number of ether oxygens (including phenoxy) is 1. The Kier molecular flexibility index (Phi) is 5.07. The summed E-state index contributed by atoms with van der Waals surface area (Å²) < 4.78 is 5.62. The van der Waals surface area contributed by atoms with Crippen molar-refractivity contribution in [3.05, 3.63) is 36.4 Å². The van der Waals surface area contributed by atoms with Crippen molar-refractivity contribution in [2.45, 2.75) is 20.0 Å². The lowest BCUT2D eigenvalue weighted by Crippen LogP contribution is -2.08. The number of carboxylic acid groups (broad SMARTS) is 1. The predicted molar refractivity (Wildman–Crippen MR) is 67.5 cm³/mol. The first kappa shape index (κ1) is 13.1. The van der Waals surface area contributed by atoms with E-state index in [1.807, 2.05) is 38.1 Å². The van der Waals surface area contributed by atoms with Crippen LogP contribution in [0.25, 0.3) is 0 Å². The van der Waals surface area contributed by atoms with Crippen LogP contribution in [0.2, 0.25) is 0 Å². The minimum atomic E-state index is -0.946. The van der Waals surface area contributed by atoms with E-state index in [-0.39, 0.29) is 6.10 Å². The molecule has 0 unspecified atom stereocenters. The number of aliphatic carboxylic acids is 1. The summed E-state index contributed by atoms with van der Waals surface area (Å²) in [4.78, 5) is 10.3. The molecule has 0 amide bonds. The van der Waals surface area contributed by atoms with Crippen LogP contribution in [0.15, 0.2) is 36.4 Å². The third-order valence-corrected chi connectivity index (χ3v) is 1.92. The molecule has 0 aliphatic carbocycles. The van der Waals surface area contributed by atoms with Crippen LogP contribution >= 0.6 is 0 Å². The summed E-state index contributed by atoms with van der Waals surface area (Å²) in [6.07, 6.45) is 2.76. The number of carboxylic acids is 1. The molecule has 17 heavy (non-hydrogen) atoms. The highest BCUT2D eigenvalue weighted by molar-refractivity contribution is 5.79. The molecule has 4 heteroatoms. The molecule has 0 spiro atoms. The number of anilines is 1. The molecule has 1 aromatic rings. The van der Waals surface area contributed by atoms with E-state index in [9.17, 15) is 4.79 Å². The van der Waals surface area contributed by atoms with Gasteiger partial charge in [0.05, 0.1) is 11.8 Å². The van der Waals surface area contributed by atoms with Gasteiger partial charge < -0.3 is 15.2 Å². The van der Waals surface area contributed by atoms with Gasteiger partial charge in [0.1, 0.15) is 5.75 Å². The molecular weight excluding hydrogens is 218 g/mol. The molecule has 0 fully saturated rings. The van der Waals surface area contributed by atoms with E-state index in [1.54, 1.807) is 6.08 Å². The summed E-state index contributed by atoms with van der Waals surface area (Å²) in [7, 11) is 0. The van der Waals surface area contributed by atoms with E-state index >= 15 is 0 Å². The first-order valence-corrected chi connectivity index (χ1v) is 5.48. The Hall–Kier alpha value is -1.97. The maximum Gasteiger partial charge on any atom is 0.328 e. The van der Waals surface area contributed by atoms with Gasteiger partial charge in [-0.25, -0.2) is 4.79 Å². The minimum Gasteiger partial charge on any atom is -0.489 e. The highest BCUT2D eigenvalue weighted by Gasteiger charge is 2.03. The molecule has 0 saturated heterocycles. The first-order chi connectivity index (χ1) is 8.09. The highest BCUT2D eigenvalue weighted by Crippen LogP contribution is 2.24. The van der Waals surface area contributed by atoms with Crippen molar-refractivity contribution in [3.8, 4) is 5.75 Å². The zero-order chi connectivity index (χ0) is 12.7. The smallest absolute Gasteiger partial charge is 0.328 e. The van der Waals surface area contributed by atoms with Gasteiger partial charge in [0.25, 0.3) is 0 Å². The maximum absolute atomic E-state index is 10.3. The van der Waals surface area contributed by atoms with Gasteiger partial charge in [-0.1, -0.05) is 18.2 Å². The van der Waals surface area contributed by atoms with Gasteiger partial charge in [-0.05, 0) is 26.0 Å². The SMILES string of the molecule is CC(C)Oc1ccccc1NC/C=C/C(=O)O. The maximum atomic E-state index is 10.3. The summed E-state index contributed by atoms with van der Waals surface area (Å²) in [6.45, 7) is 4.37. The van der Waals surface area contributed by atoms with Crippen LogP contribution in [0, 0.1) is 0 Å². The van der Waals surface area contributed by atoms with Crippen molar-refractivity contribution in [1.29, 1.82) is 0 Å². The van der Waals surface area contributed by atoms with Crippen LogP contribution in [-0.4, -0.2) is 23.7 Å². The minimum absolute atomic E-state index is 0.104. The molecule has 4 nitrogen and oxygen atoms in total. The fraction of sp³-hybridized carbons (Fsp3) is 0.308. The fourth-order valence-electron chi connectivity index (χ4n) is 1.30. The van der Waals surface area contributed by atoms with Gasteiger partial charge in [0, 0.05) is 12.6 Å². The molecule has 92 valence electrons. The van der Waals surface area contributed by atoms with Gasteiger partial charge >= 0.3 is 5.97 Å². The van der Waals surface area contributed by atoms with E-state index in [4.69, 9.17) is 9.84 Å². The normalized spacial score (nSPS) is 10.8. The predicted octanol–water partition coefficient (Wildman–Crippen LogP) is 2.53. The summed E-state index contributed by atoms with van der Waals surface area (Å²) in [6, 6.07) is 7.57. The number of hydrogen-bond acceptors (Lipinski definition) is 3. The van der Waals surface area contributed by atoms with Crippen molar-refractivity contribution in [2.75, 3.05) is 11.9 Å². The van der Waals surface area contributed by atoms with Crippen LogP contribution < -0.4 is 10.1 Å². The average molecular weight is 235 g/mol. The number of nitrogens with one attached hydrogen (secondary N) is 1. The quantitative estimate of drug-likeness (QED) is 0.744. The molecule has 0 radical (unpaired) electrons. The Balaban J connectivity index is 2.60. The van der Waals surface area contributed by atoms with Crippen LogP contribution in [0.3, 0.4) is 0 Å². The number of carbonyl (C=O) groups is 1. The van der Waals surface area contributed by atoms with Gasteiger partial charge in [0.15, 0.2) is 0 Å². The van der Waals surface area contributed by atoms with Crippen molar-refractivity contribution < 1.29 is 14.6 Å². The molecule has 0 aromatic heterocycles. The average Bonchev–Trinajstić information content (AvgIpc) is 2.25. The summed E-state index contributed by atoms with van der Waals surface area (Å²) in [5, 5.41) is 11.5. The number of benzene rings is 1. The lowest BCUT2D eigenvalue weighted by molar-refractivity contribution is -0.131. The third-order valence-electron chi connectivity index (χ3n) is 1.92. The molecular formula is C13H17NO3. The fourth-order valence-corrected chi connectivity index (χ4v) is 1.30. The van der Waals surface area contributed by atoms with Crippen molar-refractivity contribution in [1.82, 2.24) is 0 Å². The molecule has 2 N–H and O–H groups in total. The van der Waals surface area contributed by atoms with Gasteiger partial charge in [0.2, 0.25) is 0 Å². The number of para-hydroxylation sites is 2. The lowest BCUT2D eigenvalue weighted by atomic mass is 10.3. The second-order valence-corrected chi connectivity index (χ2v) is 3.78.